The summed E-state index contributed by atoms with van der Waals surface area (Å²) in [5.41, 5.74) is 0. The Bertz CT molecular complexity index is 338. The number of nitrogens with one attached hydrogen (secondary N) is 1. The van der Waals surface area contributed by atoms with Crippen molar-refractivity contribution in [3.05, 3.63) is 0 Å². The fraction of sp³-hybridized carbons (Fsp3) is 1.00. The Morgan fingerprint density at radius 1 is 1.35 bits per heavy atom. The summed E-state index contributed by atoms with van der Waals surface area (Å²) in [4.78, 5) is 2.46. The van der Waals surface area contributed by atoms with Crippen LogP contribution < -0.4 is 5.32 Å². The van der Waals surface area contributed by atoms with Crippen molar-refractivity contribution in [3.8, 4) is 0 Å². The molecular formula is C12H24N2O2S. The SMILES string of the molecule is CCN(CCC1CS(=O)(=O)CCN1)CC1CC1. The molecule has 1 saturated heterocycles. The van der Waals surface area contributed by atoms with E-state index in [9.17, 15) is 8.42 Å². The monoisotopic (exact) mass is 260 g/mol. The van der Waals surface area contributed by atoms with Gasteiger partial charge in [0.1, 0.15) is 0 Å². The molecule has 0 aromatic heterocycles. The molecule has 0 amide bonds. The van der Waals surface area contributed by atoms with E-state index in [0.717, 1.165) is 25.4 Å². The third-order valence-electron chi connectivity index (χ3n) is 3.76. The van der Waals surface area contributed by atoms with Crippen molar-refractivity contribution in [1.82, 2.24) is 10.2 Å². The first kappa shape index (κ1) is 13.3. The summed E-state index contributed by atoms with van der Waals surface area (Å²) in [5.74, 6) is 1.55. The Morgan fingerprint density at radius 3 is 2.71 bits per heavy atom. The first-order valence-corrected chi connectivity index (χ1v) is 8.57. The average molecular weight is 260 g/mol. The van der Waals surface area contributed by atoms with Crippen LogP contribution in [0.5, 0.6) is 0 Å². The van der Waals surface area contributed by atoms with Gasteiger partial charge in [0.05, 0.1) is 11.5 Å². The second kappa shape index (κ2) is 5.67. The van der Waals surface area contributed by atoms with Gasteiger partial charge in [-0.05, 0) is 38.3 Å². The largest absolute Gasteiger partial charge is 0.312 e. The highest BCUT2D eigenvalue weighted by atomic mass is 32.2. The van der Waals surface area contributed by atoms with Gasteiger partial charge in [-0.25, -0.2) is 8.42 Å². The van der Waals surface area contributed by atoms with Crippen LogP contribution in [0.3, 0.4) is 0 Å². The first-order chi connectivity index (χ1) is 8.09. The maximum absolute atomic E-state index is 11.5. The van der Waals surface area contributed by atoms with Crippen LogP contribution >= 0.6 is 0 Å². The van der Waals surface area contributed by atoms with E-state index in [0.29, 0.717) is 18.1 Å². The van der Waals surface area contributed by atoms with E-state index < -0.39 is 9.84 Å². The molecule has 2 fully saturated rings. The smallest absolute Gasteiger partial charge is 0.153 e. The lowest BCUT2D eigenvalue weighted by Gasteiger charge is -2.27. The molecule has 4 nitrogen and oxygen atoms in total. The van der Waals surface area contributed by atoms with E-state index in [1.807, 2.05) is 0 Å². The van der Waals surface area contributed by atoms with Crippen LogP contribution in [0.25, 0.3) is 0 Å². The van der Waals surface area contributed by atoms with Crippen molar-refractivity contribution < 1.29 is 8.42 Å². The molecule has 0 aromatic rings. The van der Waals surface area contributed by atoms with E-state index in [1.165, 1.54) is 19.4 Å². The molecule has 2 aliphatic rings. The van der Waals surface area contributed by atoms with Crippen molar-refractivity contribution in [2.24, 2.45) is 5.92 Å². The Balaban J connectivity index is 1.72. The van der Waals surface area contributed by atoms with E-state index in [-0.39, 0.29) is 6.04 Å². The van der Waals surface area contributed by atoms with Crippen LogP contribution in [0.15, 0.2) is 0 Å². The van der Waals surface area contributed by atoms with Gasteiger partial charge >= 0.3 is 0 Å². The molecule has 1 aliphatic carbocycles. The highest BCUT2D eigenvalue weighted by Gasteiger charge is 2.26. The van der Waals surface area contributed by atoms with E-state index in [4.69, 9.17) is 0 Å². The fourth-order valence-electron chi connectivity index (χ4n) is 2.44. The molecule has 0 spiro atoms. The maximum atomic E-state index is 11.5. The molecule has 1 unspecified atom stereocenters. The number of rotatable bonds is 6. The first-order valence-electron chi connectivity index (χ1n) is 6.75. The van der Waals surface area contributed by atoms with Crippen LogP contribution in [0.2, 0.25) is 0 Å². The second-order valence-electron chi connectivity index (χ2n) is 5.39. The zero-order valence-corrected chi connectivity index (χ0v) is 11.5. The number of nitrogens with zero attached hydrogens (tertiary/aromatic N) is 1. The van der Waals surface area contributed by atoms with Crippen molar-refractivity contribution in [1.29, 1.82) is 0 Å². The van der Waals surface area contributed by atoms with Crippen LogP contribution in [-0.4, -0.2) is 57.0 Å². The van der Waals surface area contributed by atoms with Crippen LogP contribution in [-0.2, 0) is 9.84 Å². The molecule has 1 aliphatic heterocycles. The van der Waals surface area contributed by atoms with Gasteiger partial charge in [-0.1, -0.05) is 6.92 Å². The quantitative estimate of drug-likeness (QED) is 0.755. The number of sulfone groups is 1. The van der Waals surface area contributed by atoms with Gasteiger partial charge in [0, 0.05) is 19.1 Å². The molecule has 1 atom stereocenters. The predicted molar refractivity (Wildman–Crippen MR) is 69.9 cm³/mol. The van der Waals surface area contributed by atoms with Crippen molar-refractivity contribution >= 4 is 9.84 Å². The van der Waals surface area contributed by atoms with Crippen LogP contribution in [0.1, 0.15) is 26.2 Å². The Hall–Kier alpha value is -0.130. The molecule has 1 heterocycles. The van der Waals surface area contributed by atoms with Crippen LogP contribution in [0, 0.1) is 5.92 Å². The van der Waals surface area contributed by atoms with Gasteiger partial charge in [-0.2, -0.15) is 0 Å². The Labute approximate surface area is 105 Å². The van der Waals surface area contributed by atoms with Gasteiger partial charge in [0.2, 0.25) is 0 Å². The Kier molecular flexibility index (Phi) is 4.44. The van der Waals surface area contributed by atoms with Crippen molar-refractivity contribution in [3.63, 3.8) is 0 Å². The summed E-state index contributed by atoms with van der Waals surface area (Å²) in [6, 6.07) is 0.169. The van der Waals surface area contributed by atoms with Crippen molar-refractivity contribution in [2.45, 2.75) is 32.2 Å². The summed E-state index contributed by atoms with van der Waals surface area (Å²) in [6.45, 7) is 6.13. The van der Waals surface area contributed by atoms with E-state index >= 15 is 0 Å². The average Bonchev–Trinajstić information content (AvgIpc) is 3.06. The third-order valence-corrected chi connectivity index (χ3v) is 5.49. The van der Waals surface area contributed by atoms with Gasteiger partial charge in [-0.3, -0.25) is 0 Å². The predicted octanol–water partition coefficient (Wildman–Crippen LogP) is 0.495. The lowest BCUT2D eigenvalue weighted by atomic mass is 10.2. The Morgan fingerprint density at radius 2 is 2.12 bits per heavy atom. The summed E-state index contributed by atoms with van der Waals surface area (Å²) in [6.07, 6.45) is 3.72. The van der Waals surface area contributed by atoms with Gasteiger partial charge in [-0.15, -0.1) is 0 Å². The summed E-state index contributed by atoms with van der Waals surface area (Å²) < 4.78 is 23.0. The zero-order chi connectivity index (χ0) is 12.3. The normalized spacial score (nSPS) is 28.5. The molecular weight excluding hydrogens is 236 g/mol. The molecule has 17 heavy (non-hydrogen) atoms. The summed E-state index contributed by atoms with van der Waals surface area (Å²) in [5, 5.41) is 3.32. The van der Waals surface area contributed by atoms with Crippen LogP contribution in [0.4, 0.5) is 0 Å². The molecule has 0 bridgehead atoms. The molecule has 1 saturated carbocycles. The molecule has 2 rings (SSSR count). The third kappa shape index (κ3) is 4.56. The van der Waals surface area contributed by atoms with Gasteiger partial charge in [0.15, 0.2) is 9.84 Å². The molecule has 0 radical (unpaired) electrons. The lowest BCUT2D eigenvalue weighted by Crippen LogP contribution is -2.46. The topological polar surface area (TPSA) is 49.4 Å². The summed E-state index contributed by atoms with van der Waals surface area (Å²) >= 11 is 0. The van der Waals surface area contributed by atoms with E-state index in [2.05, 4.69) is 17.1 Å². The molecule has 5 heteroatoms. The second-order valence-corrected chi connectivity index (χ2v) is 7.62. The fourth-order valence-corrected chi connectivity index (χ4v) is 3.93. The highest BCUT2D eigenvalue weighted by Crippen LogP contribution is 2.29. The molecule has 1 N–H and O–H groups in total. The minimum absolute atomic E-state index is 0.169. The number of hydrogen-bond acceptors (Lipinski definition) is 4. The summed E-state index contributed by atoms with van der Waals surface area (Å²) in [7, 11) is -2.78. The molecule has 100 valence electrons. The lowest BCUT2D eigenvalue weighted by molar-refractivity contribution is 0.261. The molecule has 0 aromatic carbocycles. The van der Waals surface area contributed by atoms with E-state index in [1.54, 1.807) is 0 Å². The minimum Gasteiger partial charge on any atom is -0.312 e. The highest BCUT2D eigenvalue weighted by molar-refractivity contribution is 7.91. The maximum Gasteiger partial charge on any atom is 0.153 e. The number of hydrogen-bond donors (Lipinski definition) is 1. The minimum atomic E-state index is -2.78. The van der Waals surface area contributed by atoms with Gasteiger partial charge < -0.3 is 10.2 Å². The van der Waals surface area contributed by atoms with Gasteiger partial charge in [0.25, 0.3) is 0 Å². The zero-order valence-electron chi connectivity index (χ0n) is 10.7. The standard InChI is InChI=1S/C12H24N2O2S/c1-2-14(9-11-3-4-11)7-5-12-10-17(15,16)8-6-13-12/h11-13H,2-10H2,1H3. The van der Waals surface area contributed by atoms with Crippen molar-refractivity contribution in [2.75, 3.05) is 37.7 Å².